The van der Waals surface area contributed by atoms with Crippen molar-refractivity contribution < 1.29 is 9.47 Å². The maximum absolute atomic E-state index is 5.95. The van der Waals surface area contributed by atoms with E-state index in [-0.39, 0.29) is 5.92 Å². The number of rotatable bonds is 2. The minimum Gasteiger partial charge on any atom is -0.493 e. The number of ether oxygens (including phenoxy) is 2. The van der Waals surface area contributed by atoms with Gasteiger partial charge < -0.3 is 15.2 Å². The van der Waals surface area contributed by atoms with Gasteiger partial charge in [0.15, 0.2) is 11.5 Å². The molecule has 1 aliphatic rings. The topological polar surface area (TPSA) is 44.5 Å². The van der Waals surface area contributed by atoms with Gasteiger partial charge in [-0.3, -0.25) is 0 Å². The molecular weight excluding hydrogens is 226 g/mol. The van der Waals surface area contributed by atoms with Crippen molar-refractivity contribution in [3.05, 3.63) is 53.6 Å². The van der Waals surface area contributed by atoms with E-state index in [4.69, 9.17) is 15.2 Å². The van der Waals surface area contributed by atoms with Crippen LogP contribution in [-0.2, 0) is 0 Å². The first-order valence-corrected chi connectivity index (χ1v) is 5.99. The first-order chi connectivity index (χ1) is 8.85. The lowest BCUT2D eigenvalue weighted by Gasteiger charge is -2.28. The highest BCUT2D eigenvalue weighted by Crippen LogP contribution is 2.47. The second-order valence-corrected chi connectivity index (χ2v) is 4.31. The Bertz CT molecular complexity index is 580. The molecule has 1 unspecified atom stereocenters. The Morgan fingerprint density at radius 1 is 1.11 bits per heavy atom. The van der Waals surface area contributed by atoms with Gasteiger partial charge in [-0.2, -0.15) is 0 Å². The zero-order valence-corrected chi connectivity index (χ0v) is 10.2. The second-order valence-electron chi connectivity index (χ2n) is 4.31. The first-order valence-electron chi connectivity index (χ1n) is 5.99. The minimum atomic E-state index is 0.167. The Labute approximate surface area is 106 Å². The lowest BCUT2D eigenvalue weighted by Crippen LogP contribution is -2.18. The molecule has 3 heteroatoms. The number of para-hydroxylation sites is 2. The summed E-state index contributed by atoms with van der Waals surface area (Å²) in [6, 6.07) is 13.9. The molecule has 1 atom stereocenters. The summed E-state index contributed by atoms with van der Waals surface area (Å²) >= 11 is 0. The smallest absolute Gasteiger partial charge is 0.173 e. The van der Waals surface area contributed by atoms with Crippen LogP contribution in [0.3, 0.4) is 0 Å². The van der Waals surface area contributed by atoms with Crippen molar-refractivity contribution in [3.8, 4) is 17.2 Å². The van der Waals surface area contributed by atoms with Crippen molar-refractivity contribution >= 4 is 0 Å². The zero-order chi connectivity index (χ0) is 12.5. The fraction of sp³-hybridized carbons (Fsp3) is 0.200. The highest BCUT2D eigenvalue weighted by Gasteiger charge is 2.27. The molecule has 3 nitrogen and oxygen atoms in total. The van der Waals surface area contributed by atoms with E-state index >= 15 is 0 Å². The monoisotopic (exact) mass is 241 g/mol. The lowest BCUT2D eigenvalue weighted by molar-refractivity contribution is 0.367. The molecule has 0 amide bonds. The van der Waals surface area contributed by atoms with E-state index in [1.54, 1.807) is 7.11 Å². The normalized spacial score (nSPS) is 16.4. The van der Waals surface area contributed by atoms with Gasteiger partial charge in [-0.05, 0) is 12.1 Å². The SMILES string of the molecule is COc1cccc2c1Oc1ccccc1C2CN. The molecule has 1 aliphatic heterocycles. The van der Waals surface area contributed by atoms with Gasteiger partial charge in [0.05, 0.1) is 7.11 Å². The molecule has 0 saturated heterocycles. The molecule has 2 N–H and O–H groups in total. The molecule has 0 aliphatic carbocycles. The average Bonchev–Trinajstić information content (AvgIpc) is 2.44. The van der Waals surface area contributed by atoms with Crippen LogP contribution in [0.4, 0.5) is 0 Å². The van der Waals surface area contributed by atoms with E-state index in [0.717, 1.165) is 28.4 Å². The minimum absolute atomic E-state index is 0.167. The molecule has 0 fully saturated rings. The summed E-state index contributed by atoms with van der Waals surface area (Å²) in [5.41, 5.74) is 8.16. The van der Waals surface area contributed by atoms with E-state index in [0.29, 0.717) is 6.54 Å². The van der Waals surface area contributed by atoms with Crippen molar-refractivity contribution in [2.24, 2.45) is 5.73 Å². The maximum Gasteiger partial charge on any atom is 0.173 e. The Balaban J connectivity index is 2.20. The summed E-state index contributed by atoms with van der Waals surface area (Å²) in [5, 5.41) is 0. The molecule has 2 aromatic carbocycles. The van der Waals surface area contributed by atoms with Crippen molar-refractivity contribution in [1.29, 1.82) is 0 Å². The Morgan fingerprint density at radius 2 is 1.89 bits per heavy atom. The van der Waals surface area contributed by atoms with Crippen LogP contribution in [0.15, 0.2) is 42.5 Å². The molecule has 0 radical (unpaired) electrons. The molecule has 0 bridgehead atoms. The van der Waals surface area contributed by atoms with Gasteiger partial charge in [0.25, 0.3) is 0 Å². The molecule has 0 aromatic heterocycles. The van der Waals surface area contributed by atoms with Gasteiger partial charge in [0.1, 0.15) is 5.75 Å². The quantitative estimate of drug-likeness (QED) is 0.879. The number of fused-ring (bicyclic) bond motifs is 2. The standard InChI is InChI=1S/C15H15NO2/c1-17-14-8-4-6-11-12(9-16)10-5-2-3-7-13(10)18-15(11)14/h2-8,12H,9,16H2,1H3. The zero-order valence-electron chi connectivity index (χ0n) is 10.2. The predicted molar refractivity (Wildman–Crippen MR) is 70.4 cm³/mol. The van der Waals surface area contributed by atoms with Crippen molar-refractivity contribution in [1.82, 2.24) is 0 Å². The van der Waals surface area contributed by atoms with Crippen molar-refractivity contribution in [3.63, 3.8) is 0 Å². The van der Waals surface area contributed by atoms with Crippen LogP contribution in [0.5, 0.6) is 17.2 Å². The van der Waals surface area contributed by atoms with E-state index in [1.165, 1.54) is 0 Å². The first kappa shape index (κ1) is 11.1. The molecule has 0 spiro atoms. The molecule has 92 valence electrons. The highest BCUT2D eigenvalue weighted by atomic mass is 16.5. The van der Waals surface area contributed by atoms with E-state index in [9.17, 15) is 0 Å². The van der Waals surface area contributed by atoms with Gasteiger partial charge in [-0.15, -0.1) is 0 Å². The summed E-state index contributed by atoms with van der Waals surface area (Å²) in [5.74, 6) is 2.57. The third-order valence-electron chi connectivity index (χ3n) is 3.35. The largest absolute Gasteiger partial charge is 0.493 e. The van der Waals surface area contributed by atoms with Gasteiger partial charge in [-0.1, -0.05) is 30.3 Å². The Hall–Kier alpha value is -2.00. The van der Waals surface area contributed by atoms with Crippen LogP contribution in [0, 0.1) is 0 Å². The van der Waals surface area contributed by atoms with Crippen LogP contribution in [0.1, 0.15) is 17.0 Å². The molecule has 0 saturated carbocycles. The highest BCUT2D eigenvalue weighted by molar-refractivity contribution is 5.58. The lowest BCUT2D eigenvalue weighted by atomic mass is 9.88. The number of hydrogen-bond donors (Lipinski definition) is 1. The van der Waals surface area contributed by atoms with Gasteiger partial charge in [-0.25, -0.2) is 0 Å². The summed E-state index contributed by atoms with van der Waals surface area (Å²) in [7, 11) is 1.65. The van der Waals surface area contributed by atoms with Crippen LogP contribution in [-0.4, -0.2) is 13.7 Å². The van der Waals surface area contributed by atoms with Crippen LogP contribution >= 0.6 is 0 Å². The summed E-state index contributed by atoms with van der Waals surface area (Å²) < 4.78 is 11.3. The van der Waals surface area contributed by atoms with Gasteiger partial charge in [0, 0.05) is 23.6 Å². The van der Waals surface area contributed by atoms with Crippen LogP contribution < -0.4 is 15.2 Å². The Morgan fingerprint density at radius 3 is 2.67 bits per heavy atom. The fourth-order valence-corrected chi connectivity index (χ4v) is 2.47. The summed E-state index contributed by atoms with van der Waals surface area (Å²) in [6.45, 7) is 0.556. The summed E-state index contributed by atoms with van der Waals surface area (Å²) in [4.78, 5) is 0. The number of methoxy groups -OCH3 is 1. The molecule has 2 aromatic rings. The summed E-state index contributed by atoms with van der Waals surface area (Å²) in [6.07, 6.45) is 0. The van der Waals surface area contributed by atoms with Gasteiger partial charge in [0.2, 0.25) is 0 Å². The fourth-order valence-electron chi connectivity index (χ4n) is 2.47. The second kappa shape index (κ2) is 4.35. The third-order valence-corrected chi connectivity index (χ3v) is 3.35. The molecule has 1 heterocycles. The molecule has 3 rings (SSSR count). The van der Waals surface area contributed by atoms with Crippen LogP contribution in [0.2, 0.25) is 0 Å². The van der Waals surface area contributed by atoms with Gasteiger partial charge >= 0.3 is 0 Å². The van der Waals surface area contributed by atoms with Crippen molar-refractivity contribution in [2.45, 2.75) is 5.92 Å². The Kier molecular flexibility index (Phi) is 2.68. The van der Waals surface area contributed by atoms with E-state index in [2.05, 4.69) is 6.07 Å². The molecular formula is C15H15NO2. The van der Waals surface area contributed by atoms with E-state index in [1.807, 2.05) is 36.4 Å². The number of nitrogens with two attached hydrogens (primary N) is 1. The van der Waals surface area contributed by atoms with E-state index < -0.39 is 0 Å². The van der Waals surface area contributed by atoms with Crippen LogP contribution in [0.25, 0.3) is 0 Å². The van der Waals surface area contributed by atoms with Crippen molar-refractivity contribution in [2.75, 3.05) is 13.7 Å². The number of hydrogen-bond acceptors (Lipinski definition) is 3. The molecule has 18 heavy (non-hydrogen) atoms. The third kappa shape index (κ3) is 1.56. The maximum atomic E-state index is 5.95. The predicted octanol–water partition coefficient (Wildman–Crippen LogP) is 2.89. The average molecular weight is 241 g/mol. The number of benzene rings is 2.